The molecule has 7 heteroatoms. The topological polar surface area (TPSA) is 59.9 Å². The zero-order valence-electron chi connectivity index (χ0n) is 12.0. The second-order valence-corrected chi connectivity index (χ2v) is 5.42. The summed E-state index contributed by atoms with van der Waals surface area (Å²) in [6.45, 7) is 6.31. The Labute approximate surface area is 131 Å². The van der Waals surface area contributed by atoms with Crippen LogP contribution in [-0.4, -0.2) is 27.6 Å². The predicted octanol–water partition coefficient (Wildman–Crippen LogP) is 3.66. The highest BCUT2D eigenvalue weighted by atomic mass is 79.9. The van der Waals surface area contributed by atoms with Crippen LogP contribution in [0.5, 0.6) is 6.01 Å². The van der Waals surface area contributed by atoms with Crippen molar-refractivity contribution in [1.82, 2.24) is 15.0 Å². The summed E-state index contributed by atoms with van der Waals surface area (Å²) in [4.78, 5) is 12.6. The molecule has 1 heterocycles. The molecular formula is C14H16BrFN4O. The van der Waals surface area contributed by atoms with Gasteiger partial charge in [-0.05, 0) is 48.8 Å². The van der Waals surface area contributed by atoms with Crippen LogP contribution in [0.4, 0.5) is 10.3 Å². The van der Waals surface area contributed by atoms with E-state index in [4.69, 9.17) is 4.74 Å². The fraction of sp³-hybridized carbons (Fsp3) is 0.357. The Kier molecular flexibility index (Phi) is 5.06. The molecule has 1 aromatic heterocycles. The van der Waals surface area contributed by atoms with E-state index < -0.39 is 5.82 Å². The number of aromatic nitrogens is 3. The second-order valence-electron chi connectivity index (χ2n) is 4.56. The number of hydrogen-bond acceptors (Lipinski definition) is 5. The summed E-state index contributed by atoms with van der Waals surface area (Å²) in [5.41, 5.74) is 0.291. The molecule has 0 bridgehead atoms. The van der Waals surface area contributed by atoms with Crippen molar-refractivity contribution in [1.29, 1.82) is 0 Å². The Morgan fingerprint density at radius 1 is 1.29 bits per heavy atom. The van der Waals surface area contributed by atoms with Crippen molar-refractivity contribution < 1.29 is 9.13 Å². The fourth-order valence-corrected chi connectivity index (χ4v) is 2.02. The molecule has 0 saturated carbocycles. The molecule has 0 amide bonds. The third kappa shape index (κ3) is 3.87. The third-order valence-corrected chi connectivity index (χ3v) is 3.10. The van der Waals surface area contributed by atoms with E-state index in [-0.39, 0.29) is 17.9 Å². The summed E-state index contributed by atoms with van der Waals surface area (Å²) >= 11 is 3.16. The van der Waals surface area contributed by atoms with Crippen LogP contribution in [0.2, 0.25) is 0 Å². The van der Waals surface area contributed by atoms with Gasteiger partial charge in [-0.1, -0.05) is 6.07 Å². The van der Waals surface area contributed by atoms with E-state index in [0.717, 1.165) is 0 Å². The van der Waals surface area contributed by atoms with E-state index >= 15 is 0 Å². The van der Waals surface area contributed by atoms with Gasteiger partial charge >= 0.3 is 6.01 Å². The van der Waals surface area contributed by atoms with Gasteiger partial charge in [0.25, 0.3) is 0 Å². The Bertz CT molecular complexity index is 636. The number of rotatable bonds is 5. The van der Waals surface area contributed by atoms with Crippen molar-refractivity contribution in [3.05, 3.63) is 28.5 Å². The molecule has 0 aliphatic carbocycles. The second kappa shape index (κ2) is 6.80. The monoisotopic (exact) mass is 354 g/mol. The highest BCUT2D eigenvalue weighted by Gasteiger charge is 2.15. The average Bonchev–Trinajstić information content (AvgIpc) is 2.41. The number of ether oxygens (including phenoxy) is 1. The minimum atomic E-state index is -0.415. The van der Waals surface area contributed by atoms with Gasteiger partial charge < -0.3 is 10.1 Å². The first kappa shape index (κ1) is 15.6. The summed E-state index contributed by atoms with van der Waals surface area (Å²) < 4.78 is 20.0. The number of benzene rings is 1. The van der Waals surface area contributed by atoms with E-state index in [0.29, 0.717) is 22.5 Å². The van der Waals surface area contributed by atoms with Crippen LogP contribution in [0.3, 0.4) is 0 Å². The minimum Gasteiger partial charge on any atom is -0.461 e. The molecule has 2 aromatic rings. The SMILES string of the molecule is CCNc1nc(OC(C)C)nc(-c2cccc(Br)c2F)n1. The summed E-state index contributed by atoms with van der Waals surface area (Å²) in [7, 11) is 0. The number of nitrogens with one attached hydrogen (secondary N) is 1. The van der Waals surface area contributed by atoms with Crippen molar-refractivity contribution in [2.24, 2.45) is 0 Å². The normalized spacial score (nSPS) is 10.8. The van der Waals surface area contributed by atoms with Gasteiger partial charge in [0, 0.05) is 6.54 Å². The van der Waals surface area contributed by atoms with Crippen LogP contribution >= 0.6 is 15.9 Å². The van der Waals surface area contributed by atoms with Gasteiger partial charge in [-0.25, -0.2) is 4.39 Å². The molecule has 0 unspecified atom stereocenters. The predicted molar refractivity (Wildman–Crippen MR) is 82.8 cm³/mol. The van der Waals surface area contributed by atoms with Crippen molar-refractivity contribution >= 4 is 21.9 Å². The van der Waals surface area contributed by atoms with Crippen LogP contribution in [0, 0.1) is 5.82 Å². The maximum Gasteiger partial charge on any atom is 0.322 e. The summed E-state index contributed by atoms with van der Waals surface area (Å²) in [5, 5.41) is 2.99. The molecule has 2 rings (SSSR count). The van der Waals surface area contributed by atoms with Crippen LogP contribution in [0.1, 0.15) is 20.8 Å². The first-order valence-corrected chi connectivity index (χ1v) is 7.41. The minimum absolute atomic E-state index is 0.0814. The fourth-order valence-electron chi connectivity index (χ4n) is 1.65. The van der Waals surface area contributed by atoms with Gasteiger partial charge in [-0.15, -0.1) is 0 Å². The Hall–Kier alpha value is -1.76. The zero-order valence-corrected chi connectivity index (χ0v) is 13.6. The van der Waals surface area contributed by atoms with Gasteiger partial charge in [0.1, 0.15) is 5.82 Å². The number of hydrogen-bond donors (Lipinski definition) is 1. The molecule has 112 valence electrons. The molecule has 0 radical (unpaired) electrons. The van der Waals surface area contributed by atoms with E-state index in [2.05, 4.69) is 36.2 Å². The van der Waals surface area contributed by atoms with Crippen molar-refractivity contribution in [2.45, 2.75) is 26.9 Å². The van der Waals surface area contributed by atoms with Gasteiger partial charge in [0.05, 0.1) is 16.1 Å². The Morgan fingerprint density at radius 3 is 2.71 bits per heavy atom. The molecule has 0 saturated heterocycles. The van der Waals surface area contributed by atoms with E-state index in [1.807, 2.05) is 20.8 Å². The van der Waals surface area contributed by atoms with Crippen molar-refractivity contribution in [3.63, 3.8) is 0 Å². The molecule has 0 aliphatic heterocycles. The molecule has 21 heavy (non-hydrogen) atoms. The van der Waals surface area contributed by atoms with Crippen molar-refractivity contribution in [2.75, 3.05) is 11.9 Å². The molecule has 5 nitrogen and oxygen atoms in total. The van der Waals surface area contributed by atoms with Crippen LogP contribution in [-0.2, 0) is 0 Å². The lowest BCUT2D eigenvalue weighted by Gasteiger charge is -2.11. The molecule has 1 aromatic carbocycles. The van der Waals surface area contributed by atoms with Crippen LogP contribution in [0.25, 0.3) is 11.4 Å². The lowest BCUT2D eigenvalue weighted by Crippen LogP contribution is -2.12. The van der Waals surface area contributed by atoms with E-state index in [9.17, 15) is 4.39 Å². The first-order chi connectivity index (χ1) is 10.0. The lowest BCUT2D eigenvalue weighted by molar-refractivity contribution is 0.222. The summed E-state index contributed by atoms with van der Waals surface area (Å²) in [6, 6.07) is 5.13. The standard InChI is InChI=1S/C14H16BrFN4O/c1-4-17-13-18-12(19-14(20-13)21-8(2)3)9-6-5-7-10(15)11(9)16/h5-8H,4H2,1-3H3,(H,17,18,19,20). The van der Waals surface area contributed by atoms with Crippen LogP contribution < -0.4 is 10.1 Å². The molecular weight excluding hydrogens is 339 g/mol. The maximum absolute atomic E-state index is 14.2. The highest BCUT2D eigenvalue weighted by Crippen LogP contribution is 2.27. The van der Waals surface area contributed by atoms with Gasteiger partial charge in [0.15, 0.2) is 5.82 Å². The van der Waals surface area contributed by atoms with Gasteiger partial charge in [-0.3, -0.25) is 0 Å². The van der Waals surface area contributed by atoms with E-state index in [1.54, 1.807) is 18.2 Å². The Morgan fingerprint density at radius 2 is 2.05 bits per heavy atom. The van der Waals surface area contributed by atoms with Gasteiger partial charge in [-0.2, -0.15) is 15.0 Å². The molecule has 0 atom stereocenters. The van der Waals surface area contributed by atoms with Crippen LogP contribution in [0.15, 0.2) is 22.7 Å². The molecule has 0 aliphatic rings. The van der Waals surface area contributed by atoms with Crippen molar-refractivity contribution in [3.8, 4) is 17.4 Å². The first-order valence-electron chi connectivity index (χ1n) is 6.62. The largest absolute Gasteiger partial charge is 0.461 e. The molecule has 0 spiro atoms. The lowest BCUT2D eigenvalue weighted by atomic mass is 10.2. The quantitative estimate of drug-likeness (QED) is 0.887. The maximum atomic E-state index is 14.2. The summed E-state index contributed by atoms with van der Waals surface area (Å²) in [5.74, 6) is 0.176. The Balaban J connectivity index is 2.51. The number of anilines is 1. The third-order valence-electron chi connectivity index (χ3n) is 2.48. The average molecular weight is 355 g/mol. The summed E-state index contributed by atoms with van der Waals surface area (Å²) in [6.07, 6.45) is -0.0814. The molecule has 1 N–H and O–H groups in total. The van der Waals surface area contributed by atoms with Gasteiger partial charge in [0.2, 0.25) is 5.95 Å². The van der Waals surface area contributed by atoms with E-state index in [1.165, 1.54) is 0 Å². The smallest absolute Gasteiger partial charge is 0.322 e. The molecule has 0 fully saturated rings. The number of nitrogens with zero attached hydrogens (tertiary/aromatic N) is 3. The highest BCUT2D eigenvalue weighted by molar-refractivity contribution is 9.10. The zero-order chi connectivity index (χ0) is 15.4. The number of halogens is 2.